The van der Waals surface area contributed by atoms with Crippen LogP contribution in [0.1, 0.15) is 30.9 Å². The second-order valence-corrected chi connectivity index (χ2v) is 5.35. The van der Waals surface area contributed by atoms with E-state index in [1.807, 2.05) is 12.1 Å². The minimum atomic E-state index is 0.119. The van der Waals surface area contributed by atoms with Crippen molar-refractivity contribution in [3.05, 3.63) is 83.4 Å². The van der Waals surface area contributed by atoms with E-state index in [-0.39, 0.29) is 12.5 Å². The van der Waals surface area contributed by atoms with Crippen molar-refractivity contribution in [1.29, 1.82) is 0 Å². The zero-order valence-electron chi connectivity index (χ0n) is 12.2. The van der Waals surface area contributed by atoms with E-state index in [0.29, 0.717) is 5.92 Å². The average molecular weight is 266 g/mol. The zero-order chi connectivity index (χ0) is 14.4. The van der Waals surface area contributed by atoms with Gasteiger partial charge in [0.05, 0.1) is 6.61 Å². The third kappa shape index (κ3) is 3.58. The topological polar surface area (TPSA) is 20.2 Å². The number of hydrogen-bond donors (Lipinski definition) is 1. The summed E-state index contributed by atoms with van der Waals surface area (Å²) < 4.78 is 0. The summed E-state index contributed by atoms with van der Waals surface area (Å²) in [6.07, 6.45) is 2.20. The number of aliphatic hydroxyl groups is 1. The van der Waals surface area contributed by atoms with Crippen molar-refractivity contribution in [2.45, 2.75) is 19.8 Å². The molecule has 2 rings (SSSR count). The lowest BCUT2D eigenvalue weighted by molar-refractivity contribution is 0.318. The first-order chi connectivity index (χ1) is 9.72. The highest BCUT2D eigenvalue weighted by molar-refractivity contribution is 5.38. The molecule has 0 radical (unpaired) electrons. The SMILES string of the molecule is CC(C)/C(=C/C(c1ccccc1)c1ccccc1)CO. The minimum Gasteiger partial charge on any atom is -0.392 e. The fraction of sp³-hybridized carbons (Fsp3) is 0.263. The third-order valence-electron chi connectivity index (χ3n) is 3.62. The van der Waals surface area contributed by atoms with Crippen LogP contribution in [0.4, 0.5) is 0 Å². The van der Waals surface area contributed by atoms with Crippen LogP contribution in [0.5, 0.6) is 0 Å². The molecule has 0 aliphatic rings. The number of allylic oxidation sites excluding steroid dienone is 1. The summed E-state index contributed by atoms with van der Waals surface area (Å²) in [4.78, 5) is 0. The summed E-state index contributed by atoms with van der Waals surface area (Å²) >= 11 is 0. The van der Waals surface area contributed by atoms with Gasteiger partial charge in [-0.1, -0.05) is 80.6 Å². The third-order valence-corrected chi connectivity index (χ3v) is 3.62. The summed E-state index contributed by atoms with van der Waals surface area (Å²) in [5.74, 6) is 0.553. The minimum absolute atomic E-state index is 0.119. The monoisotopic (exact) mass is 266 g/mol. The van der Waals surface area contributed by atoms with Crippen molar-refractivity contribution in [3.8, 4) is 0 Å². The Morgan fingerprint density at radius 1 is 0.900 bits per heavy atom. The van der Waals surface area contributed by atoms with Gasteiger partial charge in [0.25, 0.3) is 0 Å². The van der Waals surface area contributed by atoms with E-state index in [2.05, 4.69) is 68.5 Å². The second kappa shape index (κ2) is 7.06. The van der Waals surface area contributed by atoms with E-state index < -0.39 is 0 Å². The van der Waals surface area contributed by atoms with Crippen LogP contribution < -0.4 is 0 Å². The number of benzene rings is 2. The number of rotatable bonds is 5. The summed E-state index contributed by atoms with van der Waals surface area (Å²) in [7, 11) is 0. The molecule has 0 bridgehead atoms. The Morgan fingerprint density at radius 3 is 1.70 bits per heavy atom. The van der Waals surface area contributed by atoms with E-state index >= 15 is 0 Å². The Morgan fingerprint density at radius 2 is 1.35 bits per heavy atom. The van der Waals surface area contributed by atoms with Crippen molar-refractivity contribution >= 4 is 0 Å². The molecule has 0 amide bonds. The van der Waals surface area contributed by atoms with Crippen molar-refractivity contribution in [2.75, 3.05) is 6.61 Å². The summed E-state index contributed by atoms with van der Waals surface area (Å²) in [6.45, 7) is 4.36. The molecule has 1 N–H and O–H groups in total. The Kier molecular flexibility index (Phi) is 5.14. The fourth-order valence-corrected chi connectivity index (χ4v) is 2.35. The van der Waals surface area contributed by atoms with Crippen LogP contribution in [0.3, 0.4) is 0 Å². The zero-order valence-corrected chi connectivity index (χ0v) is 12.2. The Bertz CT molecular complexity index is 501. The molecule has 1 heteroatoms. The lowest BCUT2D eigenvalue weighted by Crippen LogP contribution is -2.05. The molecule has 104 valence electrons. The highest BCUT2D eigenvalue weighted by Gasteiger charge is 2.13. The van der Waals surface area contributed by atoms with E-state index in [4.69, 9.17) is 0 Å². The van der Waals surface area contributed by atoms with Crippen LogP contribution in [0.15, 0.2) is 72.3 Å². The van der Waals surface area contributed by atoms with Gasteiger partial charge in [0, 0.05) is 5.92 Å². The predicted octanol–water partition coefficient (Wildman–Crippen LogP) is 4.39. The van der Waals surface area contributed by atoms with Gasteiger partial charge in [-0.05, 0) is 22.6 Å². The quantitative estimate of drug-likeness (QED) is 0.796. The normalized spacial score (nSPS) is 12.2. The van der Waals surface area contributed by atoms with Crippen molar-refractivity contribution in [3.63, 3.8) is 0 Å². The Hall–Kier alpha value is -1.86. The maximum absolute atomic E-state index is 9.57. The molecular weight excluding hydrogens is 244 g/mol. The van der Waals surface area contributed by atoms with Crippen molar-refractivity contribution < 1.29 is 5.11 Å². The highest BCUT2D eigenvalue weighted by atomic mass is 16.3. The van der Waals surface area contributed by atoms with Crippen LogP contribution in [0.25, 0.3) is 0 Å². The maximum atomic E-state index is 9.57. The first kappa shape index (κ1) is 14.5. The van der Waals surface area contributed by atoms with Gasteiger partial charge < -0.3 is 5.11 Å². The van der Waals surface area contributed by atoms with Gasteiger partial charge in [0.1, 0.15) is 0 Å². The van der Waals surface area contributed by atoms with Crippen LogP contribution in [-0.2, 0) is 0 Å². The first-order valence-corrected chi connectivity index (χ1v) is 7.13. The van der Waals surface area contributed by atoms with Crippen LogP contribution in [0, 0.1) is 5.92 Å². The van der Waals surface area contributed by atoms with E-state index in [1.165, 1.54) is 11.1 Å². The molecule has 20 heavy (non-hydrogen) atoms. The lowest BCUT2D eigenvalue weighted by Gasteiger charge is -2.18. The largest absolute Gasteiger partial charge is 0.392 e. The molecule has 0 saturated carbocycles. The molecule has 2 aromatic rings. The van der Waals surface area contributed by atoms with Crippen LogP contribution in [-0.4, -0.2) is 11.7 Å². The van der Waals surface area contributed by atoms with E-state index in [9.17, 15) is 5.11 Å². The standard InChI is InChI=1S/C19H22O/c1-15(2)18(14-20)13-19(16-9-5-3-6-10-16)17-11-7-4-8-12-17/h3-13,15,19-20H,14H2,1-2H3/b18-13+. The summed E-state index contributed by atoms with van der Waals surface area (Å²) in [5, 5.41) is 9.57. The molecule has 1 nitrogen and oxygen atoms in total. The van der Waals surface area contributed by atoms with Crippen molar-refractivity contribution in [1.82, 2.24) is 0 Å². The highest BCUT2D eigenvalue weighted by Crippen LogP contribution is 2.28. The Balaban J connectivity index is 2.45. The molecule has 2 aromatic carbocycles. The lowest BCUT2D eigenvalue weighted by atomic mass is 9.87. The van der Waals surface area contributed by atoms with Gasteiger partial charge in [0.15, 0.2) is 0 Å². The van der Waals surface area contributed by atoms with Gasteiger partial charge >= 0.3 is 0 Å². The van der Waals surface area contributed by atoms with Crippen LogP contribution >= 0.6 is 0 Å². The van der Waals surface area contributed by atoms with Gasteiger partial charge in [-0.2, -0.15) is 0 Å². The van der Waals surface area contributed by atoms with Gasteiger partial charge in [-0.25, -0.2) is 0 Å². The van der Waals surface area contributed by atoms with Crippen molar-refractivity contribution in [2.24, 2.45) is 5.92 Å². The fourth-order valence-electron chi connectivity index (χ4n) is 2.35. The molecule has 0 fully saturated rings. The average Bonchev–Trinajstić information content (AvgIpc) is 2.50. The van der Waals surface area contributed by atoms with Crippen LogP contribution in [0.2, 0.25) is 0 Å². The summed E-state index contributed by atoms with van der Waals surface area (Å²) in [6, 6.07) is 20.9. The molecule has 0 aliphatic carbocycles. The van der Waals surface area contributed by atoms with E-state index in [0.717, 1.165) is 5.57 Å². The molecule has 0 aliphatic heterocycles. The second-order valence-electron chi connectivity index (χ2n) is 5.35. The summed E-state index contributed by atoms with van der Waals surface area (Å²) in [5.41, 5.74) is 3.60. The van der Waals surface area contributed by atoms with E-state index in [1.54, 1.807) is 0 Å². The predicted molar refractivity (Wildman–Crippen MR) is 84.7 cm³/mol. The molecule has 0 spiro atoms. The molecular formula is C19H22O. The molecule has 0 aromatic heterocycles. The van der Waals surface area contributed by atoms with Gasteiger partial charge in [-0.15, -0.1) is 0 Å². The molecule has 0 atom stereocenters. The first-order valence-electron chi connectivity index (χ1n) is 7.13. The molecule has 0 unspecified atom stereocenters. The Labute approximate surface area is 121 Å². The van der Waals surface area contributed by atoms with Gasteiger partial charge in [-0.3, -0.25) is 0 Å². The molecule has 0 saturated heterocycles. The molecule has 0 heterocycles. The smallest absolute Gasteiger partial charge is 0.0644 e. The maximum Gasteiger partial charge on any atom is 0.0644 e. The number of hydrogen-bond acceptors (Lipinski definition) is 1. The van der Waals surface area contributed by atoms with Gasteiger partial charge in [0.2, 0.25) is 0 Å². The number of aliphatic hydroxyl groups excluding tert-OH is 1.